The molecule has 0 saturated heterocycles. The summed E-state index contributed by atoms with van der Waals surface area (Å²) in [7, 11) is 1.56. The van der Waals surface area contributed by atoms with E-state index in [0.717, 1.165) is 19.3 Å². The summed E-state index contributed by atoms with van der Waals surface area (Å²) in [6, 6.07) is -0.839. The van der Waals surface area contributed by atoms with Gasteiger partial charge in [-0.25, -0.2) is 4.57 Å². The summed E-state index contributed by atoms with van der Waals surface area (Å²) in [5.74, 6) is -0.356. The van der Waals surface area contributed by atoms with Crippen molar-refractivity contribution in [2.75, 3.05) is 40.9 Å². The highest BCUT2D eigenvalue weighted by Gasteiger charge is 2.27. The number of unbranched alkanes of at least 4 members (excludes halogenated alkanes) is 11. The summed E-state index contributed by atoms with van der Waals surface area (Å²) in [5.41, 5.74) is 0. The van der Waals surface area contributed by atoms with Crippen LogP contribution in [0.2, 0.25) is 0 Å². The van der Waals surface area contributed by atoms with E-state index in [1.54, 1.807) is 6.08 Å². The molecule has 0 bridgehead atoms. The van der Waals surface area contributed by atoms with Gasteiger partial charge in [-0.05, 0) is 12.8 Å². The highest BCUT2D eigenvalue weighted by atomic mass is 31.2. The van der Waals surface area contributed by atoms with Crippen LogP contribution in [0.25, 0.3) is 0 Å². The molecule has 0 aliphatic rings. The lowest BCUT2D eigenvalue weighted by Gasteiger charge is -2.25. The molecule has 0 spiro atoms. The number of aliphatic hydroxyl groups excluding tert-OH is 1. The van der Waals surface area contributed by atoms with Crippen molar-refractivity contribution in [1.82, 2.24) is 5.32 Å². The molecule has 3 N–H and O–H groups in total. The molecular formula is C25H52N2O6P+. The molecule has 0 rings (SSSR count). The van der Waals surface area contributed by atoms with E-state index < -0.39 is 20.0 Å². The minimum atomic E-state index is -4.27. The number of hydrogen-bond acceptors (Lipinski definition) is 5. The Bertz CT molecular complexity index is 594. The summed E-state index contributed by atoms with van der Waals surface area (Å²) in [5, 5.41) is 13.0. The Morgan fingerprint density at radius 1 is 0.971 bits per heavy atom. The van der Waals surface area contributed by atoms with Crippen LogP contribution in [0.3, 0.4) is 0 Å². The second kappa shape index (κ2) is 19.4. The zero-order valence-electron chi connectivity index (χ0n) is 22.3. The van der Waals surface area contributed by atoms with Crippen LogP contribution < -0.4 is 5.32 Å². The first-order valence-corrected chi connectivity index (χ1v) is 14.5. The molecule has 34 heavy (non-hydrogen) atoms. The predicted octanol–water partition coefficient (Wildman–Crippen LogP) is 4.95. The summed E-state index contributed by atoms with van der Waals surface area (Å²) >= 11 is 0. The van der Waals surface area contributed by atoms with Crippen LogP contribution in [0.15, 0.2) is 12.2 Å². The number of nitrogens with zero attached hydrogens (tertiary/aromatic N) is 1. The maximum absolute atomic E-state index is 12.1. The molecular weight excluding hydrogens is 455 g/mol. The van der Waals surface area contributed by atoms with Crippen molar-refractivity contribution in [3.8, 4) is 0 Å². The number of rotatable bonds is 22. The standard InChI is InChI=1S/C25H51N2O6P/c1-6-7-8-9-10-11-12-13-14-15-16-17-18-19-25(29)24(26-23(2)28)22-33-34(30,31)32-21-20-27(3,4)5/h18-19,24-25,29H,6-17,20-22H2,1-5H3,(H-,26,28,30,31)/p+1. The van der Waals surface area contributed by atoms with Crippen molar-refractivity contribution >= 4 is 13.7 Å². The van der Waals surface area contributed by atoms with E-state index in [4.69, 9.17) is 9.05 Å². The normalized spacial score (nSPS) is 15.9. The third-order valence-electron chi connectivity index (χ3n) is 5.54. The molecule has 0 aromatic carbocycles. The Kier molecular flexibility index (Phi) is 19.0. The van der Waals surface area contributed by atoms with Crippen molar-refractivity contribution in [1.29, 1.82) is 0 Å². The minimum Gasteiger partial charge on any atom is -0.387 e. The number of hydrogen-bond donors (Lipinski definition) is 3. The largest absolute Gasteiger partial charge is 0.472 e. The second-order valence-corrected chi connectivity index (χ2v) is 11.6. The summed E-state index contributed by atoms with van der Waals surface area (Å²) in [6.45, 7) is 3.83. The van der Waals surface area contributed by atoms with Crippen molar-refractivity contribution in [2.24, 2.45) is 0 Å². The van der Waals surface area contributed by atoms with Crippen LogP contribution in [0.1, 0.15) is 90.9 Å². The maximum atomic E-state index is 12.1. The zero-order chi connectivity index (χ0) is 25.9. The first-order chi connectivity index (χ1) is 16.0. The molecule has 0 radical (unpaired) electrons. The van der Waals surface area contributed by atoms with E-state index in [1.807, 2.05) is 27.2 Å². The molecule has 0 aromatic heterocycles. The number of likely N-dealkylation sites (N-methyl/N-ethyl adjacent to an activating group) is 1. The Morgan fingerprint density at radius 3 is 2.00 bits per heavy atom. The fraction of sp³-hybridized carbons (Fsp3) is 0.880. The Labute approximate surface area is 208 Å². The maximum Gasteiger partial charge on any atom is 0.472 e. The average molecular weight is 508 g/mol. The van der Waals surface area contributed by atoms with Crippen LogP contribution in [-0.4, -0.2) is 73.4 Å². The third-order valence-corrected chi connectivity index (χ3v) is 6.53. The molecule has 0 aliphatic heterocycles. The van der Waals surface area contributed by atoms with Crippen molar-refractivity contribution in [3.05, 3.63) is 12.2 Å². The Hall–Kier alpha value is -0.760. The van der Waals surface area contributed by atoms with E-state index in [1.165, 1.54) is 64.7 Å². The van der Waals surface area contributed by atoms with Gasteiger partial charge in [0.25, 0.3) is 0 Å². The van der Waals surface area contributed by atoms with Gasteiger partial charge in [0, 0.05) is 6.92 Å². The van der Waals surface area contributed by atoms with E-state index in [0.29, 0.717) is 11.0 Å². The van der Waals surface area contributed by atoms with Gasteiger partial charge >= 0.3 is 7.82 Å². The number of amides is 1. The number of aliphatic hydroxyl groups is 1. The lowest BCUT2D eigenvalue weighted by molar-refractivity contribution is -0.870. The number of quaternary nitrogens is 1. The van der Waals surface area contributed by atoms with Gasteiger partial charge in [-0.1, -0.05) is 83.3 Å². The van der Waals surface area contributed by atoms with Crippen LogP contribution >= 0.6 is 7.82 Å². The minimum absolute atomic E-state index is 0.0590. The fourth-order valence-electron chi connectivity index (χ4n) is 3.42. The number of carbonyl (C=O) groups excluding carboxylic acids is 1. The van der Waals surface area contributed by atoms with Gasteiger partial charge in [0.05, 0.1) is 39.9 Å². The first-order valence-electron chi connectivity index (χ1n) is 13.0. The van der Waals surface area contributed by atoms with Crippen LogP contribution in [0, 0.1) is 0 Å². The number of phosphoric acid groups is 1. The molecule has 0 saturated carbocycles. The molecule has 0 aliphatic carbocycles. The van der Waals surface area contributed by atoms with Crippen molar-refractivity contribution < 1.29 is 32.9 Å². The van der Waals surface area contributed by atoms with E-state index in [2.05, 4.69) is 12.2 Å². The molecule has 8 nitrogen and oxygen atoms in total. The Balaban J connectivity index is 4.16. The molecule has 3 atom stereocenters. The lowest BCUT2D eigenvalue weighted by Crippen LogP contribution is -2.44. The molecule has 202 valence electrons. The first kappa shape index (κ1) is 33.2. The van der Waals surface area contributed by atoms with Gasteiger partial charge in [-0.2, -0.15) is 0 Å². The van der Waals surface area contributed by atoms with Gasteiger partial charge in [0.2, 0.25) is 5.91 Å². The molecule has 0 fully saturated rings. The van der Waals surface area contributed by atoms with E-state index in [9.17, 15) is 19.4 Å². The lowest BCUT2D eigenvalue weighted by atomic mass is 10.0. The number of carbonyl (C=O) groups is 1. The molecule has 0 heterocycles. The summed E-state index contributed by atoms with van der Waals surface area (Å²) in [6.07, 6.45) is 17.4. The van der Waals surface area contributed by atoms with Crippen molar-refractivity contribution in [2.45, 2.75) is 103 Å². The topological polar surface area (TPSA) is 105 Å². The highest BCUT2D eigenvalue weighted by Crippen LogP contribution is 2.43. The smallest absolute Gasteiger partial charge is 0.387 e. The van der Waals surface area contributed by atoms with Crippen molar-refractivity contribution in [3.63, 3.8) is 0 Å². The molecule has 9 heteroatoms. The highest BCUT2D eigenvalue weighted by molar-refractivity contribution is 7.47. The number of phosphoric ester groups is 1. The predicted molar refractivity (Wildman–Crippen MR) is 138 cm³/mol. The molecule has 1 amide bonds. The SMILES string of the molecule is CCCCCCCCCCCCCC=CC(O)C(COP(=O)(O)OCC[N+](C)(C)C)NC(C)=O. The van der Waals surface area contributed by atoms with Gasteiger partial charge in [-0.3, -0.25) is 13.8 Å². The fourth-order valence-corrected chi connectivity index (χ4v) is 4.16. The number of allylic oxidation sites excluding steroid dienone is 1. The van der Waals surface area contributed by atoms with Gasteiger partial charge in [0.15, 0.2) is 0 Å². The molecule has 0 aromatic rings. The zero-order valence-corrected chi connectivity index (χ0v) is 23.2. The van der Waals surface area contributed by atoms with Crippen LogP contribution in [0.4, 0.5) is 0 Å². The summed E-state index contributed by atoms with van der Waals surface area (Å²) in [4.78, 5) is 21.4. The quantitative estimate of drug-likeness (QED) is 0.0829. The average Bonchev–Trinajstić information content (AvgIpc) is 2.73. The summed E-state index contributed by atoms with van der Waals surface area (Å²) < 4.78 is 22.7. The van der Waals surface area contributed by atoms with Gasteiger partial charge in [-0.15, -0.1) is 0 Å². The van der Waals surface area contributed by atoms with Crippen LogP contribution in [-0.2, 0) is 18.4 Å². The number of nitrogens with one attached hydrogen (secondary N) is 1. The van der Waals surface area contributed by atoms with Crippen LogP contribution in [0.5, 0.6) is 0 Å². The van der Waals surface area contributed by atoms with E-state index in [-0.39, 0.29) is 19.1 Å². The Morgan fingerprint density at radius 2 is 1.50 bits per heavy atom. The van der Waals surface area contributed by atoms with Gasteiger partial charge in [0.1, 0.15) is 13.2 Å². The molecule has 3 unspecified atom stereocenters. The monoisotopic (exact) mass is 507 g/mol. The van der Waals surface area contributed by atoms with E-state index >= 15 is 0 Å². The third kappa shape index (κ3) is 21.8. The second-order valence-electron chi connectivity index (χ2n) is 10.2. The van der Waals surface area contributed by atoms with Gasteiger partial charge < -0.3 is 19.8 Å².